The van der Waals surface area contributed by atoms with Crippen molar-refractivity contribution in [3.63, 3.8) is 0 Å². The zero-order valence-electron chi connectivity index (χ0n) is 10.7. The molecule has 0 saturated heterocycles. The summed E-state index contributed by atoms with van der Waals surface area (Å²) in [7, 11) is -4.14. The molecule has 2 rings (SSSR count). The van der Waals surface area contributed by atoms with E-state index in [1.165, 1.54) is 12.1 Å². The number of rotatable bonds is 4. The molecule has 0 saturated carbocycles. The Hall–Kier alpha value is -1.19. The van der Waals surface area contributed by atoms with E-state index in [2.05, 4.69) is 4.98 Å². The van der Waals surface area contributed by atoms with Gasteiger partial charge in [-0.3, -0.25) is 4.39 Å². The van der Waals surface area contributed by atoms with E-state index in [1.54, 1.807) is 0 Å². The first kappa shape index (κ1) is 17.2. The lowest BCUT2D eigenvalue weighted by atomic mass is 10.3. The second-order valence-corrected chi connectivity index (χ2v) is 7.84. The van der Waals surface area contributed by atoms with Crippen LogP contribution in [0.4, 0.5) is 17.6 Å². The van der Waals surface area contributed by atoms with Gasteiger partial charge in [0.05, 0.1) is 17.3 Å². The van der Waals surface area contributed by atoms with Crippen molar-refractivity contribution in [2.45, 2.75) is 21.8 Å². The summed E-state index contributed by atoms with van der Waals surface area (Å²) in [6, 6.07) is 3.20. The van der Waals surface area contributed by atoms with Gasteiger partial charge in [0.1, 0.15) is 4.21 Å². The molecule has 0 spiro atoms. The zero-order chi connectivity index (χ0) is 16.5. The van der Waals surface area contributed by atoms with Crippen LogP contribution in [0.25, 0.3) is 0 Å². The number of sulfone groups is 1. The molecule has 3 nitrogen and oxygen atoms in total. The van der Waals surface area contributed by atoms with Crippen LogP contribution in [0.2, 0.25) is 5.02 Å². The van der Waals surface area contributed by atoms with E-state index >= 15 is 0 Å². The Morgan fingerprint density at radius 1 is 1.27 bits per heavy atom. The number of alkyl halides is 4. The molecule has 0 unspecified atom stereocenters. The highest BCUT2D eigenvalue weighted by molar-refractivity contribution is 7.93. The molecular formula is C12H8ClF4NO2S2. The Kier molecular flexibility index (Phi) is 4.78. The number of thiophene rings is 1. The van der Waals surface area contributed by atoms with Crippen molar-refractivity contribution in [2.24, 2.45) is 0 Å². The zero-order valence-corrected chi connectivity index (χ0v) is 13.1. The van der Waals surface area contributed by atoms with Crippen molar-refractivity contribution < 1.29 is 26.0 Å². The number of aromatic nitrogens is 1. The smallest absolute Gasteiger partial charge is 0.251 e. The summed E-state index contributed by atoms with van der Waals surface area (Å²) in [5, 5.41) is -1.27. The summed E-state index contributed by atoms with van der Waals surface area (Å²) in [5.74, 6) is 0. The number of halogens is 5. The van der Waals surface area contributed by atoms with Crippen LogP contribution in [-0.2, 0) is 22.4 Å². The van der Waals surface area contributed by atoms with Crippen molar-refractivity contribution in [1.29, 1.82) is 0 Å². The minimum atomic E-state index is -4.67. The number of hydrogen-bond donors (Lipinski definition) is 0. The minimum Gasteiger partial charge on any atom is -0.251 e. The van der Waals surface area contributed by atoms with Gasteiger partial charge in [-0.2, -0.15) is 13.2 Å². The van der Waals surface area contributed by atoms with Crippen molar-refractivity contribution in [1.82, 2.24) is 4.98 Å². The Morgan fingerprint density at radius 2 is 1.95 bits per heavy atom. The molecule has 0 amide bonds. The largest absolute Gasteiger partial charge is 0.417 e. The van der Waals surface area contributed by atoms with E-state index in [1.807, 2.05) is 0 Å². The average molecular weight is 374 g/mol. The second kappa shape index (κ2) is 6.13. The topological polar surface area (TPSA) is 47.0 Å². The monoisotopic (exact) mass is 373 g/mol. The fourth-order valence-corrected chi connectivity index (χ4v) is 4.73. The maximum absolute atomic E-state index is 12.5. The molecule has 0 aliphatic rings. The minimum absolute atomic E-state index is 0.0638. The quantitative estimate of drug-likeness (QED) is 0.756. The molecule has 0 fully saturated rings. The first-order valence-electron chi connectivity index (χ1n) is 5.79. The van der Waals surface area contributed by atoms with Gasteiger partial charge in [-0.1, -0.05) is 11.6 Å². The van der Waals surface area contributed by atoms with Crippen LogP contribution in [0, 0.1) is 0 Å². The number of hydrogen-bond acceptors (Lipinski definition) is 4. The molecule has 0 atom stereocenters. The van der Waals surface area contributed by atoms with Gasteiger partial charge in [-0.25, -0.2) is 13.4 Å². The van der Waals surface area contributed by atoms with Crippen LogP contribution in [0.15, 0.2) is 33.6 Å². The van der Waals surface area contributed by atoms with Gasteiger partial charge in [-0.15, -0.1) is 11.3 Å². The Bertz CT molecular complexity index is 787. The van der Waals surface area contributed by atoms with Gasteiger partial charge in [0.15, 0.2) is 5.03 Å². The Balaban J connectivity index is 2.45. The van der Waals surface area contributed by atoms with E-state index in [0.717, 1.165) is 11.3 Å². The molecule has 0 radical (unpaired) electrons. The van der Waals surface area contributed by atoms with Crippen molar-refractivity contribution in [3.05, 3.63) is 39.9 Å². The normalized spacial score (nSPS) is 12.6. The van der Waals surface area contributed by atoms with Gasteiger partial charge < -0.3 is 0 Å². The SMILES string of the molecule is O=S(=O)(c1ccc(CCF)s1)c1ncc(C(F)(F)F)cc1Cl. The van der Waals surface area contributed by atoms with E-state index in [-0.39, 0.29) is 10.6 Å². The fraction of sp³-hybridized carbons (Fsp3) is 0.250. The molecule has 0 aromatic carbocycles. The fourth-order valence-electron chi connectivity index (χ4n) is 1.60. The lowest BCUT2D eigenvalue weighted by Gasteiger charge is -2.08. The number of pyridine rings is 1. The highest BCUT2D eigenvalue weighted by Gasteiger charge is 2.33. The first-order valence-corrected chi connectivity index (χ1v) is 8.46. The lowest BCUT2D eigenvalue weighted by molar-refractivity contribution is -0.137. The highest BCUT2D eigenvalue weighted by atomic mass is 35.5. The molecule has 22 heavy (non-hydrogen) atoms. The number of nitrogens with zero attached hydrogens (tertiary/aromatic N) is 1. The maximum Gasteiger partial charge on any atom is 0.417 e. The highest BCUT2D eigenvalue weighted by Crippen LogP contribution is 2.35. The van der Waals surface area contributed by atoms with Gasteiger partial charge in [0.2, 0.25) is 9.84 Å². The van der Waals surface area contributed by atoms with Crippen molar-refractivity contribution >= 4 is 32.8 Å². The molecule has 10 heteroatoms. The Labute approximate surface area is 132 Å². The molecule has 2 aromatic rings. The van der Waals surface area contributed by atoms with Crippen molar-refractivity contribution in [3.8, 4) is 0 Å². The Morgan fingerprint density at radius 3 is 2.50 bits per heavy atom. The molecule has 2 heterocycles. The number of aryl methyl sites for hydroxylation is 1. The maximum atomic E-state index is 12.5. The third kappa shape index (κ3) is 3.41. The third-order valence-corrected chi connectivity index (χ3v) is 6.38. The summed E-state index contributed by atoms with van der Waals surface area (Å²) in [5.41, 5.74) is -1.14. The third-order valence-electron chi connectivity index (χ3n) is 2.63. The van der Waals surface area contributed by atoms with Crippen LogP contribution in [0.3, 0.4) is 0 Å². The van der Waals surface area contributed by atoms with Gasteiger partial charge in [0, 0.05) is 17.5 Å². The summed E-state index contributed by atoms with van der Waals surface area (Å²) >= 11 is 6.47. The summed E-state index contributed by atoms with van der Waals surface area (Å²) < 4.78 is 74.3. The molecule has 120 valence electrons. The van der Waals surface area contributed by atoms with Crippen LogP contribution in [-0.4, -0.2) is 20.1 Å². The second-order valence-electron chi connectivity index (χ2n) is 4.17. The summed E-state index contributed by atoms with van der Waals surface area (Å²) in [6.45, 7) is -0.640. The molecule has 0 aliphatic heterocycles. The predicted octanol–water partition coefficient (Wildman–Crippen LogP) is 4.16. The molecule has 0 aliphatic carbocycles. The molecule has 0 N–H and O–H groups in total. The average Bonchev–Trinajstić information content (AvgIpc) is 2.87. The van der Waals surface area contributed by atoms with E-state index in [0.29, 0.717) is 17.1 Å². The van der Waals surface area contributed by atoms with Crippen LogP contribution >= 0.6 is 22.9 Å². The standard InChI is InChI=1S/C12H8ClF4NO2S2/c13-9-5-7(12(15,16)17)6-18-11(9)22(19,20)10-2-1-8(21-10)3-4-14/h1-2,5-6H,3-4H2. The predicted molar refractivity (Wildman–Crippen MR) is 73.7 cm³/mol. The van der Waals surface area contributed by atoms with Crippen LogP contribution in [0.5, 0.6) is 0 Å². The van der Waals surface area contributed by atoms with Crippen LogP contribution < -0.4 is 0 Å². The van der Waals surface area contributed by atoms with Gasteiger partial charge >= 0.3 is 6.18 Å². The van der Waals surface area contributed by atoms with Gasteiger partial charge in [0.25, 0.3) is 0 Å². The molecule has 0 bridgehead atoms. The van der Waals surface area contributed by atoms with E-state index in [9.17, 15) is 26.0 Å². The summed E-state index contributed by atoms with van der Waals surface area (Å²) in [4.78, 5) is 3.84. The van der Waals surface area contributed by atoms with E-state index < -0.39 is 38.3 Å². The van der Waals surface area contributed by atoms with E-state index in [4.69, 9.17) is 11.6 Å². The summed E-state index contributed by atoms with van der Waals surface area (Å²) in [6.07, 6.45) is -4.20. The van der Waals surface area contributed by atoms with Crippen LogP contribution in [0.1, 0.15) is 10.4 Å². The molecule has 2 aromatic heterocycles. The molecular weight excluding hydrogens is 366 g/mol. The van der Waals surface area contributed by atoms with Crippen molar-refractivity contribution in [2.75, 3.05) is 6.67 Å². The first-order chi connectivity index (χ1) is 10.2. The van der Waals surface area contributed by atoms with Gasteiger partial charge in [-0.05, 0) is 18.2 Å². The lowest BCUT2D eigenvalue weighted by Crippen LogP contribution is -2.09.